The summed E-state index contributed by atoms with van der Waals surface area (Å²) in [5, 5.41) is 22.3. The predicted molar refractivity (Wildman–Crippen MR) is 119 cm³/mol. The van der Waals surface area contributed by atoms with Gasteiger partial charge in [0, 0.05) is 64.9 Å². The number of carbonyl (C=O) groups excluding carboxylic acids is 1. The third-order valence-corrected chi connectivity index (χ3v) is 6.23. The van der Waals surface area contributed by atoms with Gasteiger partial charge in [-0.15, -0.1) is 0 Å². The molecule has 1 saturated heterocycles. The van der Waals surface area contributed by atoms with E-state index in [0.717, 1.165) is 12.8 Å². The van der Waals surface area contributed by atoms with Crippen molar-refractivity contribution in [2.24, 2.45) is 0 Å². The molecule has 0 spiro atoms. The Hall–Kier alpha value is -1.59. The van der Waals surface area contributed by atoms with Crippen LogP contribution in [0.25, 0.3) is 0 Å². The Labute approximate surface area is 186 Å². The van der Waals surface area contributed by atoms with Gasteiger partial charge >= 0.3 is 11.9 Å². The Morgan fingerprint density at radius 1 is 0.806 bits per heavy atom. The van der Waals surface area contributed by atoms with Gasteiger partial charge in [0.1, 0.15) is 18.4 Å². The molecule has 0 aromatic heterocycles. The summed E-state index contributed by atoms with van der Waals surface area (Å²) < 4.78 is 0. The molecule has 1 aliphatic rings. The van der Waals surface area contributed by atoms with Gasteiger partial charge in [-0.2, -0.15) is 0 Å². The zero-order valence-corrected chi connectivity index (χ0v) is 19.7. The van der Waals surface area contributed by atoms with Gasteiger partial charge in [0.25, 0.3) is 0 Å². The van der Waals surface area contributed by atoms with E-state index in [1.54, 1.807) is 14.0 Å². The summed E-state index contributed by atoms with van der Waals surface area (Å²) in [5.74, 6) is -1.80. The normalized spacial score (nSPS) is 22.3. The monoisotopic (exact) mass is 443 g/mol. The number of hydrogen-bond acceptors (Lipinski definition) is 8. The maximum Gasteiger partial charge on any atom is 0.322 e. The zero-order valence-electron chi connectivity index (χ0n) is 19.7. The van der Waals surface area contributed by atoms with Crippen molar-refractivity contribution in [2.45, 2.75) is 51.9 Å². The summed E-state index contributed by atoms with van der Waals surface area (Å²) in [4.78, 5) is 43.2. The Bertz CT molecular complexity index is 576. The lowest BCUT2D eigenvalue weighted by Crippen LogP contribution is -2.55. The third-order valence-electron chi connectivity index (χ3n) is 6.23. The van der Waals surface area contributed by atoms with E-state index in [1.807, 2.05) is 16.7 Å². The predicted octanol–water partition coefficient (Wildman–Crippen LogP) is -0.650. The summed E-state index contributed by atoms with van der Waals surface area (Å²) in [5.41, 5.74) is 0. The number of aliphatic carboxylic acids is 2. The van der Waals surface area contributed by atoms with Gasteiger partial charge in [-0.1, -0.05) is 0 Å². The number of nitrogens with zero attached hydrogens (tertiary/aromatic N) is 4. The summed E-state index contributed by atoms with van der Waals surface area (Å²) in [6.07, 6.45) is 0.924. The molecule has 10 nitrogen and oxygen atoms in total. The first-order valence-electron chi connectivity index (χ1n) is 11.1. The molecule has 3 atom stereocenters. The average Bonchev–Trinajstić information content (AvgIpc) is 2.71. The van der Waals surface area contributed by atoms with E-state index >= 15 is 0 Å². The van der Waals surface area contributed by atoms with Gasteiger partial charge in [-0.3, -0.25) is 29.2 Å². The smallest absolute Gasteiger partial charge is 0.322 e. The highest BCUT2D eigenvalue weighted by Gasteiger charge is 2.29. The molecule has 1 aliphatic heterocycles. The molecule has 0 aromatic rings. The molecule has 180 valence electrons. The van der Waals surface area contributed by atoms with Gasteiger partial charge in [0.2, 0.25) is 0 Å². The number of hydrogen-bond donors (Lipinski definition) is 3. The molecule has 1 fully saturated rings. The van der Waals surface area contributed by atoms with Gasteiger partial charge in [0.05, 0.1) is 6.04 Å². The second-order valence-corrected chi connectivity index (χ2v) is 8.54. The summed E-state index contributed by atoms with van der Waals surface area (Å²) in [6.45, 7) is 12.7. The molecule has 1 heterocycles. The summed E-state index contributed by atoms with van der Waals surface area (Å²) in [7, 11) is 1.73. The van der Waals surface area contributed by atoms with Crippen LogP contribution in [0.5, 0.6) is 0 Å². The maximum atomic E-state index is 11.9. The molecule has 0 amide bonds. The fourth-order valence-corrected chi connectivity index (χ4v) is 3.91. The number of likely N-dealkylation sites (N-methyl/N-ethyl adjacent to an activating group) is 1. The van der Waals surface area contributed by atoms with Crippen LogP contribution < -0.4 is 5.32 Å². The summed E-state index contributed by atoms with van der Waals surface area (Å²) >= 11 is 0. The minimum Gasteiger partial charge on any atom is -0.480 e. The summed E-state index contributed by atoms with van der Waals surface area (Å²) in [6, 6.07) is -1.34. The van der Waals surface area contributed by atoms with Gasteiger partial charge in [0.15, 0.2) is 0 Å². The van der Waals surface area contributed by atoms with Crippen LogP contribution >= 0.6 is 0 Å². The van der Waals surface area contributed by atoms with E-state index in [2.05, 4.69) is 29.0 Å². The van der Waals surface area contributed by atoms with E-state index < -0.39 is 24.0 Å². The zero-order chi connectivity index (χ0) is 23.6. The minimum absolute atomic E-state index is 0.248. The first kappa shape index (κ1) is 27.4. The van der Waals surface area contributed by atoms with Crippen LogP contribution in [-0.4, -0.2) is 138 Å². The van der Waals surface area contributed by atoms with Crippen LogP contribution in [0.4, 0.5) is 0 Å². The number of carboxylic acid groups (broad SMARTS) is 2. The van der Waals surface area contributed by atoms with Crippen molar-refractivity contribution in [1.82, 2.24) is 24.9 Å². The highest BCUT2D eigenvalue weighted by atomic mass is 16.4. The first-order chi connectivity index (χ1) is 14.6. The largest absolute Gasteiger partial charge is 0.480 e. The lowest BCUT2D eigenvalue weighted by atomic mass is 10.2. The standard InChI is InChI=1S/C21H41N5O5/c1-16(2)23-6-8-24(17(3)15-27)9-10-25(18(4)20(28)29)11-13-26(12-7-23)19(14-22-5)21(30)31/h15-19,22H,6-14H2,1-5H3,(H,28,29)(H,30,31). The van der Waals surface area contributed by atoms with Crippen LogP contribution in [0.2, 0.25) is 0 Å². The van der Waals surface area contributed by atoms with E-state index in [4.69, 9.17) is 0 Å². The lowest BCUT2D eigenvalue weighted by molar-refractivity contribution is -0.145. The number of aldehydes is 1. The van der Waals surface area contributed by atoms with Gasteiger partial charge in [-0.05, 0) is 34.7 Å². The number of carbonyl (C=O) groups is 3. The highest BCUT2D eigenvalue weighted by molar-refractivity contribution is 5.74. The van der Waals surface area contributed by atoms with Crippen molar-refractivity contribution < 1.29 is 24.6 Å². The molecule has 3 unspecified atom stereocenters. The maximum absolute atomic E-state index is 11.9. The SMILES string of the molecule is CNCC(C(=O)O)N1CCN(C(C)C)CCN(C(C)C=O)CCN(C(C)C(=O)O)CC1. The first-order valence-corrected chi connectivity index (χ1v) is 11.1. The van der Waals surface area contributed by atoms with Crippen molar-refractivity contribution >= 4 is 18.2 Å². The molecule has 31 heavy (non-hydrogen) atoms. The fourth-order valence-electron chi connectivity index (χ4n) is 3.91. The van der Waals surface area contributed by atoms with E-state index in [0.29, 0.717) is 52.4 Å². The van der Waals surface area contributed by atoms with Crippen molar-refractivity contribution in [3.63, 3.8) is 0 Å². The molecular formula is C21H41N5O5. The highest BCUT2D eigenvalue weighted by Crippen LogP contribution is 2.10. The van der Waals surface area contributed by atoms with Gasteiger partial charge in [-0.25, -0.2) is 0 Å². The average molecular weight is 444 g/mol. The van der Waals surface area contributed by atoms with Crippen LogP contribution in [0.1, 0.15) is 27.7 Å². The molecule has 1 rings (SSSR count). The fraction of sp³-hybridized carbons (Fsp3) is 0.857. The number of rotatable bonds is 9. The Morgan fingerprint density at radius 2 is 1.26 bits per heavy atom. The molecule has 10 heteroatoms. The van der Waals surface area contributed by atoms with Crippen molar-refractivity contribution in [2.75, 3.05) is 66.0 Å². The van der Waals surface area contributed by atoms with E-state index in [9.17, 15) is 24.6 Å². The number of carboxylic acids is 2. The Kier molecular flexibility index (Phi) is 12.2. The molecular weight excluding hydrogens is 402 g/mol. The minimum atomic E-state index is -0.912. The van der Waals surface area contributed by atoms with Crippen LogP contribution in [-0.2, 0) is 14.4 Å². The van der Waals surface area contributed by atoms with Crippen molar-refractivity contribution in [1.29, 1.82) is 0 Å². The van der Waals surface area contributed by atoms with Crippen LogP contribution in [0.3, 0.4) is 0 Å². The Balaban J connectivity index is 3.15. The quantitative estimate of drug-likeness (QED) is 0.397. The molecule has 0 aromatic carbocycles. The second-order valence-electron chi connectivity index (χ2n) is 8.54. The number of nitrogens with one attached hydrogen (secondary N) is 1. The molecule has 0 aliphatic carbocycles. The Morgan fingerprint density at radius 3 is 1.65 bits per heavy atom. The molecule has 0 bridgehead atoms. The lowest BCUT2D eigenvalue weighted by Gasteiger charge is -2.38. The topological polar surface area (TPSA) is 117 Å². The van der Waals surface area contributed by atoms with Crippen molar-refractivity contribution in [3.05, 3.63) is 0 Å². The molecule has 0 radical (unpaired) electrons. The second kappa shape index (κ2) is 13.7. The van der Waals surface area contributed by atoms with Crippen LogP contribution in [0, 0.1) is 0 Å². The van der Waals surface area contributed by atoms with Crippen LogP contribution in [0.15, 0.2) is 0 Å². The van der Waals surface area contributed by atoms with Gasteiger partial charge < -0.3 is 20.3 Å². The third kappa shape index (κ3) is 8.82. The molecule has 0 saturated carbocycles. The van der Waals surface area contributed by atoms with E-state index in [-0.39, 0.29) is 12.1 Å². The van der Waals surface area contributed by atoms with E-state index in [1.165, 1.54) is 0 Å². The van der Waals surface area contributed by atoms with Crippen molar-refractivity contribution in [3.8, 4) is 0 Å². The molecule has 3 N–H and O–H groups in total.